The normalized spacial score (nSPS) is 11.6. The smallest absolute Gasteiger partial charge is 0.272 e. The van der Waals surface area contributed by atoms with Crippen LogP contribution in [0.15, 0.2) is 71.0 Å². The molecule has 254 valence electrons. The fourth-order valence-electron chi connectivity index (χ4n) is 4.64. The van der Waals surface area contributed by atoms with E-state index in [1.54, 1.807) is 39.6 Å². The van der Waals surface area contributed by atoms with E-state index >= 15 is 0 Å². The number of anilines is 3. The fraction of sp³-hybridized carbons (Fsp3) is 0.233. The van der Waals surface area contributed by atoms with Crippen molar-refractivity contribution >= 4 is 68.1 Å². The summed E-state index contributed by atoms with van der Waals surface area (Å²) in [6.45, 7) is 0.151. The number of hydrogen-bond donors (Lipinski definition) is 6. The molecule has 0 aliphatic carbocycles. The fourth-order valence-corrected chi connectivity index (χ4v) is 6.24. The minimum atomic E-state index is -3.54. The van der Waals surface area contributed by atoms with Gasteiger partial charge in [-0.1, -0.05) is 5.16 Å². The summed E-state index contributed by atoms with van der Waals surface area (Å²) in [6, 6.07) is 11.5. The summed E-state index contributed by atoms with van der Waals surface area (Å²) in [4.78, 5) is 51.6. The number of oxime groups is 1. The molecule has 7 N–H and O–H groups in total. The summed E-state index contributed by atoms with van der Waals surface area (Å²) in [5, 5.41) is 22.3. The minimum absolute atomic E-state index is 0.0222. The van der Waals surface area contributed by atoms with E-state index in [4.69, 9.17) is 22.5 Å². The SMILES string of the molecule is Cn1cc(NC(=O)c2cc(NC(=O)c3ccc(NC(=O)c4ccc(S(=O)(=O)CCCl)cc4)n3C)cn2C)cc1C(=O)NCC/C(N)=N/O. The van der Waals surface area contributed by atoms with Crippen LogP contribution in [-0.4, -0.2) is 75.0 Å². The first-order valence-electron chi connectivity index (χ1n) is 14.3. The second kappa shape index (κ2) is 14.9. The van der Waals surface area contributed by atoms with Gasteiger partial charge in [0.05, 0.1) is 22.0 Å². The van der Waals surface area contributed by atoms with Crippen molar-refractivity contribution in [2.45, 2.75) is 11.3 Å². The molecule has 0 saturated carbocycles. The number of nitrogens with two attached hydrogens (primary N) is 1. The van der Waals surface area contributed by atoms with E-state index in [0.717, 1.165) is 0 Å². The average molecular weight is 700 g/mol. The lowest BCUT2D eigenvalue weighted by atomic mass is 10.2. The number of nitrogens with one attached hydrogen (secondary N) is 4. The van der Waals surface area contributed by atoms with Gasteiger partial charge in [-0.3, -0.25) is 19.2 Å². The summed E-state index contributed by atoms with van der Waals surface area (Å²) in [5.74, 6) is -1.89. The molecular formula is C30H34ClN9O7S. The first-order chi connectivity index (χ1) is 22.7. The number of alkyl halides is 1. The molecule has 0 atom stereocenters. The molecule has 0 saturated heterocycles. The van der Waals surface area contributed by atoms with Gasteiger partial charge in [-0.15, -0.1) is 11.6 Å². The molecule has 0 radical (unpaired) electrons. The second-order valence-corrected chi connectivity index (χ2v) is 13.1. The number of benzene rings is 1. The number of rotatable bonds is 13. The topological polar surface area (TPSA) is 224 Å². The molecule has 3 aromatic heterocycles. The zero-order valence-corrected chi connectivity index (χ0v) is 27.7. The average Bonchev–Trinajstić information content (AvgIpc) is 3.72. The highest BCUT2D eigenvalue weighted by Gasteiger charge is 2.20. The highest BCUT2D eigenvalue weighted by atomic mass is 35.5. The number of halogens is 1. The van der Waals surface area contributed by atoms with Gasteiger partial charge in [-0.2, -0.15) is 0 Å². The molecule has 0 bridgehead atoms. The molecule has 0 unspecified atom stereocenters. The van der Waals surface area contributed by atoms with E-state index in [2.05, 4.69) is 26.4 Å². The molecule has 0 aliphatic heterocycles. The maximum atomic E-state index is 13.1. The van der Waals surface area contributed by atoms with Crippen molar-refractivity contribution in [2.75, 3.05) is 34.1 Å². The van der Waals surface area contributed by atoms with E-state index < -0.39 is 33.5 Å². The molecule has 4 amide bonds. The van der Waals surface area contributed by atoms with Crippen molar-refractivity contribution < 1.29 is 32.8 Å². The third-order valence-electron chi connectivity index (χ3n) is 7.20. The maximum Gasteiger partial charge on any atom is 0.272 e. The van der Waals surface area contributed by atoms with Crippen LogP contribution >= 0.6 is 11.6 Å². The molecule has 4 rings (SSSR count). The monoisotopic (exact) mass is 699 g/mol. The molecule has 1 aromatic carbocycles. The van der Waals surface area contributed by atoms with E-state index in [0.29, 0.717) is 17.2 Å². The number of carbonyl (C=O) groups is 4. The van der Waals surface area contributed by atoms with Crippen molar-refractivity contribution in [3.8, 4) is 0 Å². The first kappa shape index (κ1) is 35.3. The Balaban J connectivity index is 1.37. The van der Waals surface area contributed by atoms with E-state index in [-0.39, 0.29) is 58.0 Å². The van der Waals surface area contributed by atoms with Gasteiger partial charge in [-0.25, -0.2) is 8.42 Å². The van der Waals surface area contributed by atoms with Crippen LogP contribution in [0.4, 0.5) is 17.2 Å². The van der Waals surface area contributed by atoms with E-state index in [1.165, 1.54) is 56.2 Å². The maximum absolute atomic E-state index is 13.1. The van der Waals surface area contributed by atoms with Gasteiger partial charge >= 0.3 is 0 Å². The Labute approximate surface area is 280 Å². The highest BCUT2D eigenvalue weighted by Crippen LogP contribution is 2.20. The van der Waals surface area contributed by atoms with Gasteiger partial charge in [0, 0.05) is 57.9 Å². The Morgan fingerprint density at radius 2 is 1.38 bits per heavy atom. The standard InChI is InChI=1S/C30H34ClN9O7S/c1-38-16-19(14-23(38)28(42)33-12-10-25(32)37-45)35-30(44)24-15-20(17-39(24)2)34-29(43)22-8-9-26(40(22)3)36-27(41)18-4-6-21(7-5-18)48(46,47)13-11-31/h4-9,14-17,45H,10-13H2,1-3H3,(H2,32,37)(H,33,42)(H,34,43)(H,35,44)(H,36,41). The largest absolute Gasteiger partial charge is 0.409 e. The van der Waals surface area contributed by atoms with Crippen LogP contribution in [0, 0.1) is 0 Å². The quantitative estimate of drug-likeness (QED) is 0.0398. The van der Waals surface area contributed by atoms with Gasteiger partial charge in [0.1, 0.15) is 28.7 Å². The van der Waals surface area contributed by atoms with Crippen LogP contribution in [0.25, 0.3) is 0 Å². The lowest BCUT2D eigenvalue weighted by molar-refractivity contribution is 0.0944. The third-order valence-corrected chi connectivity index (χ3v) is 9.35. The molecule has 16 nitrogen and oxygen atoms in total. The van der Waals surface area contributed by atoms with Gasteiger partial charge in [0.15, 0.2) is 9.84 Å². The van der Waals surface area contributed by atoms with Crippen molar-refractivity contribution in [2.24, 2.45) is 32.0 Å². The predicted molar refractivity (Wildman–Crippen MR) is 180 cm³/mol. The second-order valence-electron chi connectivity index (χ2n) is 10.6. The number of hydrogen-bond acceptors (Lipinski definition) is 8. The molecule has 0 spiro atoms. The lowest BCUT2D eigenvalue weighted by Gasteiger charge is -2.10. The van der Waals surface area contributed by atoms with Crippen molar-refractivity contribution in [3.05, 3.63) is 83.6 Å². The summed E-state index contributed by atoms with van der Waals surface area (Å²) in [6.07, 6.45) is 3.28. The zero-order chi connectivity index (χ0) is 35.2. The number of aromatic nitrogens is 3. The Kier molecular flexibility index (Phi) is 11.0. The van der Waals surface area contributed by atoms with Crippen LogP contribution < -0.4 is 27.0 Å². The van der Waals surface area contributed by atoms with Gasteiger partial charge in [0.2, 0.25) is 0 Å². The molecule has 4 aromatic rings. The molecular weight excluding hydrogens is 666 g/mol. The number of sulfone groups is 1. The van der Waals surface area contributed by atoms with Crippen LogP contribution in [0.5, 0.6) is 0 Å². The third kappa shape index (κ3) is 8.23. The predicted octanol–water partition coefficient (Wildman–Crippen LogP) is 2.34. The van der Waals surface area contributed by atoms with Gasteiger partial charge in [-0.05, 0) is 48.5 Å². The van der Waals surface area contributed by atoms with Crippen molar-refractivity contribution in [1.29, 1.82) is 0 Å². The first-order valence-corrected chi connectivity index (χ1v) is 16.5. The number of amides is 4. The van der Waals surface area contributed by atoms with Crippen LogP contribution in [0.3, 0.4) is 0 Å². The van der Waals surface area contributed by atoms with Crippen LogP contribution in [-0.2, 0) is 31.0 Å². The van der Waals surface area contributed by atoms with Gasteiger partial charge in [0.25, 0.3) is 23.6 Å². The highest BCUT2D eigenvalue weighted by molar-refractivity contribution is 7.91. The lowest BCUT2D eigenvalue weighted by Crippen LogP contribution is -2.29. The molecule has 0 fully saturated rings. The van der Waals surface area contributed by atoms with E-state index in [1.807, 2.05) is 0 Å². The minimum Gasteiger partial charge on any atom is -0.409 e. The van der Waals surface area contributed by atoms with Crippen molar-refractivity contribution in [3.63, 3.8) is 0 Å². The Hall–Kier alpha value is -5.55. The molecule has 3 heterocycles. The summed E-state index contributed by atoms with van der Waals surface area (Å²) in [7, 11) is 1.32. The molecule has 0 aliphatic rings. The van der Waals surface area contributed by atoms with Crippen LogP contribution in [0.2, 0.25) is 0 Å². The van der Waals surface area contributed by atoms with Gasteiger partial charge < -0.3 is 45.9 Å². The molecule has 18 heteroatoms. The Morgan fingerprint density at radius 3 is 1.94 bits per heavy atom. The summed E-state index contributed by atoms with van der Waals surface area (Å²) >= 11 is 5.56. The summed E-state index contributed by atoms with van der Waals surface area (Å²) in [5.41, 5.74) is 7.03. The number of aryl methyl sites for hydroxylation is 2. The molecule has 48 heavy (non-hydrogen) atoms. The summed E-state index contributed by atoms with van der Waals surface area (Å²) < 4.78 is 28.9. The van der Waals surface area contributed by atoms with Crippen LogP contribution in [0.1, 0.15) is 48.2 Å². The zero-order valence-electron chi connectivity index (χ0n) is 26.2. The van der Waals surface area contributed by atoms with Crippen molar-refractivity contribution in [1.82, 2.24) is 19.0 Å². The van der Waals surface area contributed by atoms with E-state index in [9.17, 15) is 27.6 Å². The number of nitrogens with zero attached hydrogens (tertiary/aromatic N) is 4. The number of carbonyl (C=O) groups excluding carboxylic acids is 4. The Bertz CT molecular complexity index is 1990. The Morgan fingerprint density at radius 1 is 0.812 bits per heavy atom. The number of amidine groups is 1.